The molecular formula is C15H22N2O4S. The first-order valence-electron chi connectivity index (χ1n) is 7.71. The topological polar surface area (TPSA) is 68.7 Å². The Morgan fingerprint density at radius 2 is 2.27 bits per heavy atom. The Kier molecular flexibility index (Phi) is 4.38. The van der Waals surface area contributed by atoms with Crippen molar-refractivity contribution in [3.05, 3.63) is 24.4 Å². The molecule has 0 aromatic carbocycles. The maximum Gasteiger partial charge on any atom is 0.214 e. The van der Waals surface area contributed by atoms with Crippen molar-refractivity contribution in [2.75, 3.05) is 32.1 Å². The number of aromatic nitrogens is 1. The van der Waals surface area contributed by atoms with Crippen LogP contribution in [0.15, 0.2) is 24.4 Å². The van der Waals surface area contributed by atoms with Crippen molar-refractivity contribution in [2.24, 2.45) is 5.92 Å². The van der Waals surface area contributed by atoms with E-state index in [0.29, 0.717) is 38.6 Å². The Labute approximate surface area is 131 Å². The summed E-state index contributed by atoms with van der Waals surface area (Å²) in [5, 5.41) is 0. The monoisotopic (exact) mass is 326 g/mol. The number of rotatable bonds is 6. The summed E-state index contributed by atoms with van der Waals surface area (Å²) in [6.45, 7) is 3.95. The Hall–Kier alpha value is -1.18. The van der Waals surface area contributed by atoms with E-state index >= 15 is 0 Å². The second kappa shape index (κ2) is 6.14. The van der Waals surface area contributed by atoms with Gasteiger partial charge in [0.15, 0.2) is 0 Å². The third-order valence-electron chi connectivity index (χ3n) is 4.41. The maximum absolute atomic E-state index is 12.1. The predicted molar refractivity (Wildman–Crippen MR) is 82.2 cm³/mol. The number of ether oxygens (including phenoxy) is 2. The minimum atomic E-state index is -3.13. The van der Waals surface area contributed by atoms with E-state index in [1.807, 2.05) is 25.1 Å². The third-order valence-corrected chi connectivity index (χ3v) is 6.38. The number of pyridine rings is 1. The van der Waals surface area contributed by atoms with Crippen LogP contribution >= 0.6 is 0 Å². The van der Waals surface area contributed by atoms with E-state index in [1.165, 1.54) is 4.31 Å². The van der Waals surface area contributed by atoms with Crippen LogP contribution in [0.25, 0.3) is 0 Å². The smallest absolute Gasteiger partial charge is 0.214 e. The van der Waals surface area contributed by atoms with Gasteiger partial charge in [0, 0.05) is 37.9 Å². The van der Waals surface area contributed by atoms with Crippen molar-refractivity contribution in [1.29, 1.82) is 0 Å². The molecule has 1 atom stereocenters. The van der Waals surface area contributed by atoms with E-state index in [4.69, 9.17) is 9.47 Å². The summed E-state index contributed by atoms with van der Waals surface area (Å²) in [6.07, 6.45) is 3.23. The molecule has 3 heterocycles. The molecule has 0 N–H and O–H groups in total. The highest BCUT2D eigenvalue weighted by molar-refractivity contribution is 7.89. The molecule has 1 spiro atoms. The highest BCUT2D eigenvalue weighted by Gasteiger charge is 2.56. The van der Waals surface area contributed by atoms with Gasteiger partial charge in [0.1, 0.15) is 5.60 Å². The van der Waals surface area contributed by atoms with E-state index in [0.717, 1.165) is 6.42 Å². The zero-order chi connectivity index (χ0) is 15.6. The van der Waals surface area contributed by atoms with Crippen LogP contribution in [0, 0.1) is 5.92 Å². The molecule has 1 aromatic heterocycles. The Morgan fingerprint density at radius 1 is 1.45 bits per heavy atom. The lowest BCUT2D eigenvalue weighted by Gasteiger charge is -2.49. The summed E-state index contributed by atoms with van der Waals surface area (Å²) in [4.78, 5) is 4.14. The summed E-state index contributed by atoms with van der Waals surface area (Å²) in [6, 6.07) is 5.54. The SMILES string of the molecule is CCCS(=O)(=O)N1CC2(C1)OCC[C@H]2COc1ccccn1. The van der Waals surface area contributed by atoms with E-state index in [2.05, 4.69) is 4.98 Å². The first-order valence-corrected chi connectivity index (χ1v) is 9.32. The van der Waals surface area contributed by atoms with Crippen LogP contribution in [0.4, 0.5) is 0 Å². The zero-order valence-corrected chi connectivity index (χ0v) is 13.6. The summed E-state index contributed by atoms with van der Waals surface area (Å²) in [5.41, 5.74) is -0.365. The predicted octanol–water partition coefficient (Wildman–Crippen LogP) is 1.29. The molecule has 7 heteroatoms. The highest BCUT2D eigenvalue weighted by atomic mass is 32.2. The lowest BCUT2D eigenvalue weighted by Crippen LogP contribution is -2.66. The van der Waals surface area contributed by atoms with Gasteiger partial charge < -0.3 is 9.47 Å². The van der Waals surface area contributed by atoms with Crippen LogP contribution in [-0.2, 0) is 14.8 Å². The lowest BCUT2D eigenvalue weighted by molar-refractivity contribution is -0.107. The molecule has 6 nitrogen and oxygen atoms in total. The average molecular weight is 326 g/mol. The molecule has 3 rings (SSSR count). The molecule has 0 radical (unpaired) electrons. The molecule has 2 aliphatic heterocycles. The quantitative estimate of drug-likeness (QED) is 0.788. The first kappa shape index (κ1) is 15.7. The molecule has 2 fully saturated rings. The molecule has 0 unspecified atom stereocenters. The second-order valence-electron chi connectivity index (χ2n) is 5.96. The molecular weight excluding hydrogens is 304 g/mol. The van der Waals surface area contributed by atoms with Gasteiger partial charge in [-0.15, -0.1) is 0 Å². The summed E-state index contributed by atoms with van der Waals surface area (Å²) < 4.78 is 37.3. The average Bonchev–Trinajstić information content (AvgIpc) is 2.88. The van der Waals surface area contributed by atoms with Gasteiger partial charge >= 0.3 is 0 Å². The molecule has 0 amide bonds. The van der Waals surface area contributed by atoms with Crippen LogP contribution in [0.1, 0.15) is 19.8 Å². The van der Waals surface area contributed by atoms with Crippen molar-refractivity contribution in [2.45, 2.75) is 25.4 Å². The molecule has 22 heavy (non-hydrogen) atoms. The van der Waals surface area contributed by atoms with Gasteiger partial charge in [-0.25, -0.2) is 13.4 Å². The fourth-order valence-corrected chi connectivity index (χ4v) is 4.73. The van der Waals surface area contributed by atoms with E-state index in [-0.39, 0.29) is 17.3 Å². The van der Waals surface area contributed by atoms with Crippen molar-refractivity contribution in [3.63, 3.8) is 0 Å². The summed E-state index contributed by atoms with van der Waals surface area (Å²) in [7, 11) is -3.13. The van der Waals surface area contributed by atoms with Gasteiger partial charge in [-0.05, 0) is 18.9 Å². The Bertz CT molecular complexity index is 599. The minimum absolute atomic E-state index is 0.207. The summed E-state index contributed by atoms with van der Waals surface area (Å²) >= 11 is 0. The molecule has 122 valence electrons. The highest BCUT2D eigenvalue weighted by Crippen LogP contribution is 2.41. The second-order valence-corrected chi connectivity index (χ2v) is 8.05. The minimum Gasteiger partial charge on any atom is -0.477 e. The number of hydrogen-bond donors (Lipinski definition) is 0. The Morgan fingerprint density at radius 3 is 2.95 bits per heavy atom. The van der Waals surface area contributed by atoms with Crippen molar-refractivity contribution in [1.82, 2.24) is 9.29 Å². The van der Waals surface area contributed by atoms with Crippen molar-refractivity contribution < 1.29 is 17.9 Å². The number of nitrogens with zero attached hydrogens (tertiary/aromatic N) is 2. The van der Waals surface area contributed by atoms with E-state index in [1.54, 1.807) is 6.20 Å². The molecule has 1 aromatic rings. The maximum atomic E-state index is 12.1. The van der Waals surface area contributed by atoms with Crippen LogP contribution in [0.2, 0.25) is 0 Å². The molecule has 0 bridgehead atoms. The molecule has 0 aliphatic carbocycles. The van der Waals surface area contributed by atoms with Crippen molar-refractivity contribution >= 4 is 10.0 Å². The van der Waals surface area contributed by atoms with Gasteiger partial charge in [-0.2, -0.15) is 4.31 Å². The van der Waals surface area contributed by atoms with E-state index in [9.17, 15) is 8.42 Å². The fourth-order valence-electron chi connectivity index (χ4n) is 3.12. The van der Waals surface area contributed by atoms with Gasteiger partial charge in [-0.3, -0.25) is 0 Å². The fraction of sp³-hybridized carbons (Fsp3) is 0.667. The molecule has 0 saturated carbocycles. The third kappa shape index (κ3) is 2.98. The van der Waals surface area contributed by atoms with Crippen LogP contribution in [0.5, 0.6) is 5.88 Å². The number of hydrogen-bond acceptors (Lipinski definition) is 5. The van der Waals surface area contributed by atoms with Crippen LogP contribution in [0.3, 0.4) is 0 Å². The van der Waals surface area contributed by atoms with Crippen LogP contribution in [-0.4, -0.2) is 55.4 Å². The molecule has 2 saturated heterocycles. The largest absolute Gasteiger partial charge is 0.477 e. The van der Waals surface area contributed by atoms with Gasteiger partial charge in [0.25, 0.3) is 0 Å². The van der Waals surface area contributed by atoms with E-state index < -0.39 is 10.0 Å². The zero-order valence-electron chi connectivity index (χ0n) is 12.8. The normalized spacial score (nSPS) is 24.3. The van der Waals surface area contributed by atoms with Crippen LogP contribution < -0.4 is 4.74 Å². The lowest BCUT2D eigenvalue weighted by atomic mass is 9.83. The first-order chi connectivity index (χ1) is 10.6. The molecule has 2 aliphatic rings. The van der Waals surface area contributed by atoms with Crippen molar-refractivity contribution in [3.8, 4) is 5.88 Å². The number of sulfonamides is 1. The standard InChI is InChI=1S/C15H22N2O4S/c1-2-9-22(18,19)17-11-15(12-17)13(6-8-21-15)10-20-14-5-3-4-7-16-14/h3-5,7,13H,2,6,8-12H2,1H3/t13-/m0/s1. The van der Waals surface area contributed by atoms with Gasteiger partial charge in [0.05, 0.1) is 12.4 Å². The summed E-state index contributed by atoms with van der Waals surface area (Å²) in [5.74, 6) is 1.01. The van der Waals surface area contributed by atoms with Gasteiger partial charge in [-0.1, -0.05) is 13.0 Å². The Balaban J connectivity index is 1.58. The van der Waals surface area contributed by atoms with Gasteiger partial charge in [0.2, 0.25) is 15.9 Å².